The SMILES string of the molecule is CCCCCCCCCC1N(C)c2c(n(C)c(=O)n(N)c2=O)N1CC(O)CCCCCCCC. The van der Waals surface area contributed by atoms with E-state index in [0.29, 0.717) is 22.7 Å². The molecule has 3 N–H and O–H groups in total. The molecule has 0 saturated heterocycles. The van der Waals surface area contributed by atoms with Gasteiger partial charge in [-0.05, 0) is 19.3 Å². The standard InChI is InChI=1S/C26H49N5O3/c1-5-7-9-11-13-15-17-19-22-28(3)23-24(29(4)26(34)31(27)25(23)33)30(22)20-21(32)18-16-14-12-10-8-6-2/h21-22,32H,5-20,27H2,1-4H3. The molecule has 0 spiro atoms. The number of fused-ring (bicyclic) bond motifs is 1. The summed E-state index contributed by atoms with van der Waals surface area (Å²) < 4.78 is 2.14. The van der Waals surface area contributed by atoms with Crippen molar-refractivity contribution in [2.24, 2.45) is 7.05 Å². The molecule has 0 radical (unpaired) electrons. The van der Waals surface area contributed by atoms with E-state index in [1.807, 2.05) is 11.9 Å². The van der Waals surface area contributed by atoms with Gasteiger partial charge in [0, 0.05) is 20.6 Å². The molecule has 8 heteroatoms. The summed E-state index contributed by atoms with van der Waals surface area (Å²) >= 11 is 0. The van der Waals surface area contributed by atoms with E-state index in [2.05, 4.69) is 18.7 Å². The van der Waals surface area contributed by atoms with Crippen molar-refractivity contribution in [2.45, 2.75) is 122 Å². The number of unbranched alkanes of at least 4 members (excludes halogenated alkanes) is 11. The van der Waals surface area contributed by atoms with Crippen LogP contribution in [0.15, 0.2) is 9.59 Å². The molecule has 34 heavy (non-hydrogen) atoms. The minimum atomic E-state index is -0.538. The number of β-amino-alcohol motifs (C(OH)–C–C–N with tert-alkyl or cyclic N) is 1. The Morgan fingerprint density at radius 2 is 1.38 bits per heavy atom. The number of aromatic nitrogens is 2. The normalized spacial score (nSPS) is 16.3. The minimum absolute atomic E-state index is 0.0643. The van der Waals surface area contributed by atoms with Crippen molar-refractivity contribution in [3.8, 4) is 0 Å². The van der Waals surface area contributed by atoms with Crippen molar-refractivity contribution in [1.29, 1.82) is 0 Å². The number of hydrogen-bond donors (Lipinski definition) is 2. The zero-order chi connectivity index (χ0) is 25.1. The van der Waals surface area contributed by atoms with Crippen LogP contribution >= 0.6 is 0 Å². The van der Waals surface area contributed by atoms with E-state index in [1.54, 1.807) is 7.05 Å². The van der Waals surface area contributed by atoms with E-state index in [-0.39, 0.29) is 6.17 Å². The van der Waals surface area contributed by atoms with Crippen LogP contribution in [-0.2, 0) is 7.05 Å². The lowest BCUT2D eigenvalue weighted by molar-refractivity contribution is 0.163. The van der Waals surface area contributed by atoms with Gasteiger partial charge in [0.2, 0.25) is 0 Å². The van der Waals surface area contributed by atoms with Crippen LogP contribution in [-0.4, -0.2) is 40.2 Å². The maximum absolute atomic E-state index is 12.9. The van der Waals surface area contributed by atoms with E-state index >= 15 is 0 Å². The molecule has 0 aromatic carbocycles. The Bertz CT molecular complexity index is 850. The number of nitrogen functional groups attached to an aromatic ring is 1. The summed E-state index contributed by atoms with van der Waals surface area (Å²) in [5, 5.41) is 10.9. The number of anilines is 2. The third-order valence-electron chi connectivity index (χ3n) is 7.24. The van der Waals surface area contributed by atoms with Gasteiger partial charge in [-0.15, -0.1) is 0 Å². The largest absolute Gasteiger partial charge is 0.391 e. The number of nitrogens with two attached hydrogens (primary N) is 1. The van der Waals surface area contributed by atoms with Crippen LogP contribution in [0.3, 0.4) is 0 Å². The molecule has 0 bridgehead atoms. The predicted octanol–water partition coefficient (Wildman–Crippen LogP) is 4.10. The molecule has 1 aliphatic heterocycles. The van der Waals surface area contributed by atoms with E-state index < -0.39 is 17.4 Å². The molecule has 2 rings (SSSR count). The number of aliphatic hydroxyl groups excluding tert-OH is 1. The van der Waals surface area contributed by atoms with Crippen LogP contribution in [0.2, 0.25) is 0 Å². The van der Waals surface area contributed by atoms with E-state index in [1.165, 1.54) is 62.4 Å². The summed E-state index contributed by atoms with van der Waals surface area (Å²) in [4.78, 5) is 29.5. The van der Waals surface area contributed by atoms with Gasteiger partial charge < -0.3 is 20.7 Å². The second-order valence-corrected chi connectivity index (χ2v) is 10.1. The van der Waals surface area contributed by atoms with Crippen molar-refractivity contribution in [2.75, 3.05) is 29.2 Å². The first kappa shape index (κ1) is 28.3. The van der Waals surface area contributed by atoms with Crippen molar-refractivity contribution < 1.29 is 5.11 Å². The first-order valence-corrected chi connectivity index (χ1v) is 13.6. The van der Waals surface area contributed by atoms with E-state index in [0.717, 1.165) is 38.5 Å². The fourth-order valence-corrected chi connectivity index (χ4v) is 5.16. The van der Waals surface area contributed by atoms with Gasteiger partial charge in [0.05, 0.1) is 6.10 Å². The van der Waals surface area contributed by atoms with Crippen molar-refractivity contribution in [3.05, 3.63) is 20.8 Å². The van der Waals surface area contributed by atoms with Gasteiger partial charge in [-0.3, -0.25) is 9.36 Å². The molecule has 2 unspecified atom stereocenters. The van der Waals surface area contributed by atoms with Crippen LogP contribution < -0.4 is 26.9 Å². The lowest BCUT2D eigenvalue weighted by atomic mass is 10.1. The van der Waals surface area contributed by atoms with Crippen LogP contribution in [0.25, 0.3) is 0 Å². The van der Waals surface area contributed by atoms with Crippen LogP contribution in [0.1, 0.15) is 110 Å². The lowest BCUT2D eigenvalue weighted by Crippen LogP contribution is -2.46. The van der Waals surface area contributed by atoms with Gasteiger partial charge in [0.15, 0.2) is 0 Å². The smallest absolute Gasteiger partial charge is 0.351 e. The molecule has 0 saturated carbocycles. The number of rotatable bonds is 17. The summed E-state index contributed by atoms with van der Waals surface area (Å²) in [5.41, 5.74) is -0.563. The van der Waals surface area contributed by atoms with Crippen molar-refractivity contribution in [3.63, 3.8) is 0 Å². The number of aliphatic hydroxyl groups is 1. The Labute approximate surface area is 205 Å². The molecule has 0 fully saturated rings. The second-order valence-electron chi connectivity index (χ2n) is 10.1. The summed E-state index contributed by atoms with van der Waals surface area (Å²) in [6, 6.07) is 0. The summed E-state index contributed by atoms with van der Waals surface area (Å²) in [6.07, 6.45) is 16.6. The van der Waals surface area contributed by atoms with Crippen LogP contribution in [0.4, 0.5) is 11.5 Å². The fourth-order valence-electron chi connectivity index (χ4n) is 5.16. The first-order valence-electron chi connectivity index (χ1n) is 13.6. The lowest BCUT2D eigenvalue weighted by Gasteiger charge is -2.32. The number of hydrogen-bond acceptors (Lipinski definition) is 6. The quantitative estimate of drug-likeness (QED) is 0.258. The average Bonchev–Trinajstić information content (AvgIpc) is 3.09. The minimum Gasteiger partial charge on any atom is -0.391 e. The second kappa shape index (κ2) is 14.4. The van der Waals surface area contributed by atoms with Gasteiger partial charge >= 0.3 is 11.2 Å². The van der Waals surface area contributed by atoms with Crippen LogP contribution in [0, 0.1) is 0 Å². The zero-order valence-electron chi connectivity index (χ0n) is 22.1. The Kier molecular flexibility index (Phi) is 12.0. The molecule has 1 aromatic heterocycles. The maximum atomic E-state index is 12.9. The highest BCUT2D eigenvalue weighted by molar-refractivity contribution is 5.73. The molecule has 0 aliphatic carbocycles. The summed E-state index contributed by atoms with van der Waals surface area (Å²) in [5.74, 6) is 6.36. The molecule has 0 amide bonds. The van der Waals surface area contributed by atoms with Gasteiger partial charge in [0.25, 0.3) is 0 Å². The van der Waals surface area contributed by atoms with Crippen molar-refractivity contribution >= 4 is 11.5 Å². The highest BCUT2D eigenvalue weighted by Crippen LogP contribution is 2.36. The van der Waals surface area contributed by atoms with Gasteiger partial charge in [-0.1, -0.05) is 90.9 Å². The summed E-state index contributed by atoms with van der Waals surface area (Å²) in [7, 11) is 3.55. The zero-order valence-corrected chi connectivity index (χ0v) is 22.1. The molecule has 196 valence electrons. The highest BCUT2D eigenvalue weighted by atomic mass is 16.3. The van der Waals surface area contributed by atoms with Gasteiger partial charge in [0.1, 0.15) is 17.7 Å². The molecule has 2 heterocycles. The van der Waals surface area contributed by atoms with E-state index in [9.17, 15) is 14.7 Å². The highest BCUT2D eigenvalue weighted by Gasteiger charge is 2.39. The third-order valence-corrected chi connectivity index (χ3v) is 7.24. The van der Waals surface area contributed by atoms with Crippen molar-refractivity contribution in [1.82, 2.24) is 9.24 Å². The predicted molar refractivity (Wildman–Crippen MR) is 142 cm³/mol. The van der Waals surface area contributed by atoms with E-state index in [4.69, 9.17) is 5.84 Å². The molecule has 2 atom stereocenters. The average molecular weight is 480 g/mol. The molecule has 1 aliphatic rings. The third kappa shape index (κ3) is 7.27. The Morgan fingerprint density at radius 3 is 1.97 bits per heavy atom. The Morgan fingerprint density at radius 1 is 0.853 bits per heavy atom. The first-order chi connectivity index (χ1) is 16.3. The molecular weight excluding hydrogens is 430 g/mol. The fraction of sp³-hybridized carbons (Fsp3) is 0.846. The Hall–Kier alpha value is -1.96. The summed E-state index contributed by atoms with van der Waals surface area (Å²) in [6.45, 7) is 4.85. The molecular formula is C26H49N5O3. The van der Waals surface area contributed by atoms with Gasteiger partial charge in [-0.2, -0.15) is 4.68 Å². The number of nitrogens with zero attached hydrogens (tertiary/aromatic N) is 4. The Balaban J connectivity index is 2.08. The monoisotopic (exact) mass is 479 g/mol. The van der Waals surface area contributed by atoms with Crippen LogP contribution in [0.5, 0.6) is 0 Å². The topological polar surface area (TPSA) is 96.7 Å². The molecule has 1 aromatic rings. The maximum Gasteiger partial charge on any atom is 0.351 e. The molecule has 8 nitrogen and oxygen atoms in total. The van der Waals surface area contributed by atoms with Gasteiger partial charge in [-0.25, -0.2) is 4.79 Å².